The molecule has 0 aromatic heterocycles. The Morgan fingerprint density at radius 3 is 2.52 bits per heavy atom. The van der Waals surface area contributed by atoms with Crippen LogP contribution in [0.4, 0.5) is 4.39 Å². The van der Waals surface area contributed by atoms with E-state index in [2.05, 4.69) is 4.40 Å². The van der Waals surface area contributed by atoms with Gasteiger partial charge in [-0.15, -0.1) is 4.40 Å². The molecule has 124 valence electrons. The Hall–Kier alpha value is -2.99. The minimum Gasteiger partial charge on any atom is -0.307 e. The minimum absolute atomic E-state index is 0.261. The van der Waals surface area contributed by atoms with Crippen molar-refractivity contribution in [2.75, 3.05) is 0 Å². The topological polar surface area (TPSA) is 49.7 Å². The molecule has 2 aliphatic heterocycles. The molecule has 0 saturated carbocycles. The molecule has 0 unspecified atom stereocenters. The minimum atomic E-state index is -3.66. The first-order valence-electron chi connectivity index (χ1n) is 7.59. The molecule has 4 nitrogen and oxygen atoms in total. The highest BCUT2D eigenvalue weighted by molar-refractivity contribution is 7.93. The Kier molecular flexibility index (Phi) is 3.62. The Morgan fingerprint density at radius 2 is 1.76 bits per heavy atom. The summed E-state index contributed by atoms with van der Waals surface area (Å²) in [4.78, 5) is 1.60. The third-order valence-electron chi connectivity index (χ3n) is 3.97. The van der Waals surface area contributed by atoms with Gasteiger partial charge in [0, 0.05) is 23.5 Å². The van der Waals surface area contributed by atoms with E-state index in [0.29, 0.717) is 16.7 Å². The molecule has 2 aromatic carbocycles. The van der Waals surface area contributed by atoms with Crippen molar-refractivity contribution in [2.45, 2.75) is 0 Å². The Morgan fingerprint density at radius 1 is 0.960 bits per heavy atom. The molecule has 0 spiro atoms. The smallest absolute Gasteiger partial charge is 0.278 e. The Labute approximate surface area is 145 Å². The number of benzene rings is 2. The van der Waals surface area contributed by atoms with Crippen LogP contribution in [0.25, 0.3) is 16.7 Å². The Bertz CT molecular complexity index is 1070. The molecule has 0 atom stereocenters. The SMILES string of the molecule is O=S1(=O)C=CN2C=CC=C(c3ccc(-c4ccccc4)c(F)c3)C2=N1. The molecule has 0 aliphatic carbocycles. The zero-order valence-electron chi connectivity index (χ0n) is 13.0. The zero-order chi connectivity index (χ0) is 17.4. The van der Waals surface area contributed by atoms with Gasteiger partial charge in [-0.25, -0.2) is 4.39 Å². The van der Waals surface area contributed by atoms with Crippen molar-refractivity contribution in [3.8, 4) is 11.1 Å². The van der Waals surface area contributed by atoms with Crippen molar-refractivity contribution >= 4 is 21.4 Å². The molecule has 0 bridgehead atoms. The van der Waals surface area contributed by atoms with Crippen molar-refractivity contribution in [2.24, 2.45) is 4.40 Å². The number of allylic oxidation sites excluding steroid dienone is 2. The molecular formula is C19H13FN2O2S. The summed E-state index contributed by atoms with van der Waals surface area (Å²) in [6.07, 6.45) is 6.61. The molecule has 0 amide bonds. The fourth-order valence-corrected chi connectivity index (χ4v) is 3.57. The molecule has 4 rings (SSSR count). The summed E-state index contributed by atoms with van der Waals surface area (Å²) in [6, 6.07) is 14.1. The first-order chi connectivity index (χ1) is 12.0. The van der Waals surface area contributed by atoms with Gasteiger partial charge in [-0.05, 0) is 29.3 Å². The normalized spacial score (nSPS) is 17.7. The fourth-order valence-electron chi connectivity index (χ4n) is 2.79. The number of fused-ring (bicyclic) bond motifs is 1. The van der Waals surface area contributed by atoms with Gasteiger partial charge >= 0.3 is 0 Å². The summed E-state index contributed by atoms with van der Waals surface area (Å²) in [5.74, 6) is -0.114. The number of halogens is 1. The molecule has 0 fully saturated rings. The van der Waals surface area contributed by atoms with Crippen LogP contribution in [0.3, 0.4) is 0 Å². The maximum atomic E-state index is 14.6. The van der Waals surface area contributed by atoms with Gasteiger partial charge in [-0.1, -0.05) is 42.5 Å². The third-order valence-corrected chi connectivity index (χ3v) is 4.86. The van der Waals surface area contributed by atoms with E-state index in [1.165, 1.54) is 12.3 Å². The number of rotatable bonds is 2. The van der Waals surface area contributed by atoms with Gasteiger partial charge < -0.3 is 4.90 Å². The van der Waals surface area contributed by atoms with E-state index in [1.54, 1.807) is 35.4 Å². The van der Waals surface area contributed by atoms with E-state index < -0.39 is 10.0 Å². The van der Waals surface area contributed by atoms with Gasteiger partial charge in [-0.3, -0.25) is 0 Å². The first-order valence-corrected chi connectivity index (χ1v) is 9.09. The summed E-state index contributed by atoms with van der Waals surface area (Å²) in [5, 5.41) is 1.03. The molecule has 2 heterocycles. The summed E-state index contributed by atoms with van der Waals surface area (Å²) < 4.78 is 42.0. The van der Waals surface area contributed by atoms with Gasteiger partial charge in [0.05, 0.1) is 5.41 Å². The first kappa shape index (κ1) is 15.5. The van der Waals surface area contributed by atoms with E-state index in [-0.39, 0.29) is 11.7 Å². The van der Waals surface area contributed by atoms with Crippen LogP contribution in [0.2, 0.25) is 0 Å². The van der Waals surface area contributed by atoms with Crippen LogP contribution in [0.5, 0.6) is 0 Å². The summed E-state index contributed by atoms with van der Waals surface area (Å²) in [5.41, 5.74) is 2.39. The second-order valence-electron chi connectivity index (χ2n) is 5.60. The quantitative estimate of drug-likeness (QED) is 0.823. The number of nitrogens with zero attached hydrogens (tertiary/aromatic N) is 2. The molecule has 0 N–H and O–H groups in total. The summed E-state index contributed by atoms with van der Waals surface area (Å²) in [6.45, 7) is 0. The van der Waals surface area contributed by atoms with E-state index in [1.807, 2.05) is 30.3 Å². The van der Waals surface area contributed by atoms with Gasteiger partial charge in [-0.2, -0.15) is 8.42 Å². The molecule has 25 heavy (non-hydrogen) atoms. The molecule has 6 heteroatoms. The molecule has 0 radical (unpaired) electrons. The highest BCUT2D eigenvalue weighted by atomic mass is 32.2. The lowest BCUT2D eigenvalue weighted by Gasteiger charge is -2.25. The number of sulfonamides is 1. The monoisotopic (exact) mass is 352 g/mol. The second kappa shape index (κ2) is 5.82. The lowest BCUT2D eigenvalue weighted by molar-refractivity contribution is 0.602. The maximum absolute atomic E-state index is 14.6. The van der Waals surface area contributed by atoms with Crippen molar-refractivity contribution in [1.29, 1.82) is 0 Å². The number of hydrogen-bond donors (Lipinski definition) is 0. The lowest BCUT2D eigenvalue weighted by Crippen LogP contribution is -2.27. The third kappa shape index (κ3) is 2.92. The van der Waals surface area contributed by atoms with Crippen LogP contribution in [0, 0.1) is 5.82 Å². The highest BCUT2D eigenvalue weighted by Gasteiger charge is 2.24. The van der Waals surface area contributed by atoms with Gasteiger partial charge in [0.25, 0.3) is 10.0 Å². The largest absolute Gasteiger partial charge is 0.307 e. The van der Waals surface area contributed by atoms with E-state index in [9.17, 15) is 12.8 Å². The zero-order valence-corrected chi connectivity index (χ0v) is 13.8. The Balaban J connectivity index is 1.78. The predicted molar refractivity (Wildman–Crippen MR) is 96.3 cm³/mol. The maximum Gasteiger partial charge on any atom is 0.278 e. The van der Waals surface area contributed by atoms with Crippen LogP contribution < -0.4 is 0 Å². The van der Waals surface area contributed by atoms with Gasteiger partial charge in [0.1, 0.15) is 5.82 Å². The van der Waals surface area contributed by atoms with Crippen LogP contribution >= 0.6 is 0 Å². The van der Waals surface area contributed by atoms with Crippen LogP contribution in [0.15, 0.2) is 82.9 Å². The van der Waals surface area contributed by atoms with Crippen molar-refractivity contribution in [3.05, 3.63) is 89.9 Å². The second-order valence-corrected chi connectivity index (χ2v) is 7.09. The van der Waals surface area contributed by atoms with Crippen LogP contribution in [-0.2, 0) is 10.0 Å². The molecule has 0 saturated heterocycles. The lowest BCUT2D eigenvalue weighted by atomic mass is 9.97. The summed E-state index contributed by atoms with van der Waals surface area (Å²) >= 11 is 0. The molecular weight excluding hydrogens is 339 g/mol. The van der Waals surface area contributed by atoms with Crippen LogP contribution in [-0.4, -0.2) is 19.2 Å². The number of amidine groups is 1. The van der Waals surface area contributed by atoms with Crippen LogP contribution in [0.1, 0.15) is 5.56 Å². The van der Waals surface area contributed by atoms with Gasteiger partial charge in [0.2, 0.25) is 0 Å². The number of hydrogen-bond acceptors (Lipinski definition) is 3. The average Bonchev–Trinajstić information content (AvgIpc) is 2.61. The fraction of sp³-hybridized carbons (Fsp3) is 0. The van der Waals surface area contributed by atoms with Crippen molar-refractivity contribution in [3.63, 3.8) is 0 Å². The average molecular weight is 352 g/mol. The van der Waals surface area contributed by atoms with Crippen molar-refractivity contribution in [1.82, 2.24) is 4.90 Å². The summed E-state index contributed by atoms with van der Waals surface area (Å²) in [7, 11) is -3.66. The molecule has 2 aliphatic rings. The predicted octanol–water partition coefficient (Wildman–Crippen LogP) is 3.92. The molecule has 2 aromatic rings. The van der Waals surface area contributed by atoms with E-state index in [4.69, 9.17) is 0 Å². The standard InChI is InChI=1S/C19H13FN2O2S/c20-18-13-15(8-9-16(18)14-5-2-1-3-6-14)17-7-4-10-22-11-12-25(23,24)21-19(17)22/h1-13H. The van der Waals surface area contributed by atoms with E-state index >= 15 is 0 Å². The van der Waals surface area contributed by atoms with Gasteiger partial charge in [0.15, 0.2) is 5.84 Å². The highest BCUT2D eigenvalue weighted by Crippen LogP contribution is 2.30. The van der Waals surface area contributed by atoms with Crippen molar-refractivity contribution < 1.29 is 12.8 Å². The van der Waals surface area contributed by atoms with E-state index in [0.717, 1.165) is 11.0 Å².